The van der Waals surface area contributed by atoms with E-state index in [9.17, 15) is 4.79 Å². The van der Waals surface area contributed by atoms with Crippen molar-refractivity contribution < 1.29 is 18.8 Å². The lowest BCUT2D eigenvalue weighted by atomic mass is 10.2. The van der Waals surface area contributed by atoms with E-state index in [0.717, 1.165) is 0 Å². The minimum Gasteiger partial charge on any atom is -0.478 e. The van der Waals surface area contributed by atoms with E-state index in [-0.39, 0.29) is 5.56 Å². The fourth-order valence-corrected chi connectivity index (χ4v) is 1.41. The zero-order valence-corrected chi connectivity index (χ0v) is 9.14. The number of nitrogens with zero attached hydrogens (tertiary/aromatic N) is 2. The van der Waals surface area contributed by atoms with Crippen molar-refractivity contribution in [2.75, 3.05) is 0 Å². The molecule has 2 N–H and O–H groups in total. The molecule has 0 radical (unpaired) electrons. The first-order valence-corrected chi connectivity index (χ1v) is 4.95. The van der Waals surface area contributed by atoms with Crippen molar-refractivity contribution in [3.8, 4) is 0 Å². The molecule has 7 heteroatoms. The van der Waals surface area contributed by atoms with Gasteiger partial charge in [-0.05, 0) is 13.0 Å². The van der Waals surface area contributed by atoms with Crippen LogP contribution in [0.25, 0.3) is 0 Å². The number of nitrogens with one attached hydrogen (secondary N) is 1. The molecule has 7 nitrogen and oxygen atoms in total. The lowest BCUT2D eigenvalue weighted by molar-refractivity contribution is 0.0695. The van der Waals surface area contributed by atoms with Gasteiger partial charge < -0.3 is 19.4 Å². The predicted molar refractivity (Wildman–Crippen MR) is 55.2 cm³/mol. The van der Waals surface area contributed by atoms with Crippen molar-refractivity contribution >= 4 is 5.97 Å². The Bertz CT molecular complexity index is 504. The second-order valence-corrected chi connectivity index (χ2v) is 3.44. The molecule has 90 valence electrons. The van der Waals surface area contributed by atoms with Crippen molar-refractivity contribution in [1.82, 2.24) is 15.5 Å². The van der Waals surface area contributed by atoms with Gasteiger partial charge in [0.05, 0.1) is 13.1 Å². The number of carboxylic acids is 1. The molecule has 2 heterocycles. The zero-order valence-electron chi connectivity index (χ0n) is 9.14. The SMILES string of the molecule is Cc1oc(CNCc2ncon2)cc1C(=O)O. The molecule has 0 amide bonds. The largest absolute Gasteiger partial charge is 0.478 e. The summed E-state index contributed by atoms with van der Waals surface area (Å²) in [5.74, 6) is 0.500. The van der Waals surface area contributed by atoms with Crippen molar-refractivity contribution in [1.29, 1.82) is 0 Å². The fourth-order valence-electron chi connectivity index (χ4n) is 1.41. The van der Waals surface area contributed by atoms with Gasteiger partial charge in [-0.3, -0.25) is 0 Å². The quantitative estimate of drug-likeness (QED) is 0.798. The Morgan fingerprint density at radius 1 is 1.53 bits per heavy atom. The third kappa shape index (κ3) is 2.70. The van der Waals surface area contributed by atoms with Crippen LogP contribution in [0.5, 0.6) is 0 Å². The van der Waals surface area contributed by atoms with E-state index in [1.807, 2.05) is 0 Å². The zero-order chi connectivity index (χ0) is 12.3. The minimum absolute atomic E-state index is 0.182. The summed E-state index contributed by atoms with van der Waals surface area (Å²) in [6.07, 6.45) is 1.25. The summed E-state index contributed by atoms with van der Waals surface area (Å²) < 4.78 is 9.86. The first-order chi connectivity index (χ1) is 8.16. The molecular weight excluding hydrogens is 226 g/mol. The summed E-state index contributed by atoms with van der Waals surface area (Å²) >= 11 is 0. The number of aromatic nitrogens is 2. The average Bonchev–Trinajstić information content (AvgIpc) is 2.88. The summed E-state index contributed by atoms with van der Waals surface area (Å²) in [6, 6.07) is 1.50. The number of furan rings is 1. The fraction of sp³-hybridized carbons (Fsp3) is 0.300. The number of carbonyl (C=O) groups is 1. The molecule has 0 saturated carbocycles. The van der Waals surface area contributed by atoms with Crippen LogP contribution in [0.4, 0.5) is 0 Å². The van der Waals surface area contributed by atoms with Crippen LogP contribution in [-0.4, -0.2) is 21.2 Å². The third-order valence-corrected chi connectivity index (χ3v) is 2.19. The highest BCUT2D eigenvalue weighted by molar-refractivity contribution is 5.88. The van der Waals surface area contributed by atoms with Gasteiger partial charge >= 0.3 is 5.97 Å². The Balaban J connectivity index is 1.91. The molecular formula is C10H11N3O4. The van der Waals surface area contributed by atoms with Crippen molar-refractivity contribution in [2.45, 2.75) is 20.0 Å². The van der Waals surface area contributed by atoms with Gasteiger partial charge in [0.2, 0.25) is 6.39 Å². The number of aromatic carboxylic acids is 1. The normalized spacial score (nSPS) is 10.6. The molecule has 0 unspecified atom stereocenters. The van der Waals surface area contributed by atoms with Gasteiger partial charge in [0.1, 0.15) is 17.1 Å². The number of hydrogen-bond acceptors (Lipinski definition) is 6. The predicted octanol–water partition coefficient (Wildman–Crippen LogP) is 0.959. The molecule has 0 aromatic carbocycles. The van der Waals surface area contributed by atoms with Crippen LogP contribution in [0, 0.1) is 6.92 Å². The number of carboxylic acid groups (broad SMARTS) is 1. The molecule has 0 atom stereocenters. The van der Waals surface area contributed by atoms with Crippen LogP contribution in [0.15, 0.2) is 21.4 Å². The van der Waals surface area contributed by atoms with Gasteiger partial charge in [0.25, 0.3) is 0 Å². The van der Waals surface area contributed by atoms with E-state index in [1.165, 1.54) is 12.5 Å². The average molecular weight is 237 g/mol. The monoisotopic (exact) mass is 237 g/mol. The van der Waals surface area contributed by atoms with E-state index < -0.39 is 5.97 Å². The maximum atomic E-state index is 10.8. The molecule has 17 heavy (non-hydrogen) atoms. The van der Waals surface area contributed by atoms with E-state index >= 15 is 0 Å². The Morgan fingerprint density at radius 3 is 2.94 bits per heavy atom. The molecule has 0 aliphatic carbocycles. The molecule has 2 aromatic heterocycles. The summed E-state index contributed by atoms with van der Waals surface area (Å²) in [4.78, 5) is 14.6. The van der Waals surface area contributed by atoms with Gasteiger partial charge in [-0.15, -0.1) is 0 Å². The molecule has 0 saturated heterocycles. The molecule has 0 bridgehead atoms. The van der Waals surface area contributed by atoms with E-state index in [2.05, 4.69) is 20.0 Å². The Hall–Kier alpha value is -2.15. The second kappa shape index (κ2) is 4.79. The highest BCUT2D eigenvalue weighted by Gasteiger charge is 2.13. The first-order valence-electron chi connectivity index (χ1n) is 4.95. The van der Waals surface area contributed by atoms with Crippen molar-refractivity contribution in [3.05, 3.63) is 35.4 Å². The number of hydrogen-bond donors (Lipinski definition) is 2. The molecule has 0 aliphatic rings. The molecule has 0 aliphatic heterocycles. The molecule has 2 aromatic rings. The Morgan fingerprint density at radius 2 is 2.35 bits per heavy atom. The van der Waals surface area contributed by atoms with Crippen molar-refractivity contribution in [2.24, 2.45) is 0 Å². The highest BCUT2D eigenvalue weighted by atomic mass is 16.5. The topological polar surface area (TPSA) is 101 Å². The maximum absolute atomic E-state index is 10.8. The maximum Gasteiger partial charge on any atom is 0.339 e. The minimum atomic E-state index is -0.990. The highest BCUT2D eigenvalue weighted by Crippen LogP contribution is 2.14. The Kier molecular flexibility index (Phi) is 3.20. The standard InChI is InChI=1S/C10H11N3O4/c1-6-8(10(14)15)2-7(17-6)3-11-4-9-12-5-16-13-9/h2,5,11H,3-4H2,1H3,(H,14,15). The van der Waals surface area contributed by atoms with Crippen LogP contribution in [-0.2, 0) is 13.1 Å². The molecule has 2 rings (SSSR count). The third-order valence-electron chi connectivity index (χ3n) is 2.19. The van der Waals surface area contributed by atoms with Crippen LogP contribution in [0.3, 0.4) is 0 Å². The van der Waals surface area contributed by atoms with Crippen LogP contribution < -0.4 is 5.32 Å². The Labute approximate surface area is 96.4 Å². The first kappa shape index (κ1) is 11.3. The van der Waals surface area contributed by atoms with Gasteiger partial charge in [-0.25, -0.2) is 4.79 Å². The van der Waals surface area contributed by atoms with E-state index in [1.54, 1.807) is 6.92 Å². The van der Waals surface area contributed by atoms with E-state index in [4.69, 9.17) is 9.52 Å². The summed E-state index contributed by atoms with van der Waals surface area (Å²) in [5, 5.41) is 15.5. The summed E-state index contributed by atoms with van der Waals surface area (Å²) in [7, 11) is 0. The summed E-state index contributed by atoms with van der Waals surface area (Å²) in [6.45, 7) is 2.45. The lowest BCUT2D eigenvalue weighted by Crippen LogP contribution is -2.13. The molecule has 0 spiro atoms. The number of rotatable bonds is 5. The second-order valence-electron chi connectivity index (χ2n) is 3.44. The van der Waals surface area contributed by atoms with Gasteiger partial charge in [0, 0.05) is 0 Å². The smallest absolute Gasteiger partial charge is 0.339 e. The lowest BCUT2D eigenvalue weighted by Gasteiger charge is -1.97. The number of aryl methyl sites for hydroxylation is 1. The van der Waals surface area contributed by atoms with Gasteiger partial charge in [-0.1, -0.05) is 5.16 Å². The van der Waals surface area contributed by atoms with E-state index in [0.29, 0.717) is 30.4 Å². The van der Waals surface area contributed by atoms with Gasteiger partial charge in [-0.2, -0.15) is 4.98 Å². The van der Waals surface area contributed by atoms with Crippen LogP contribution >= 0.6 is 0 Å². The van der Waals surface area contributed by atoms with Crippen molar-refractivity contribution in [3.63, 3.8) is 0 Å². The summed E-state index contributed by atoms with van der Waals surface area (Å²) in [5.41, 5.74) is 0.182. The van der Waals surface area contributed by atoms with Gasteiger partial charge in [0.15, 0.2) is 5.82 Å². The van der Waals surface area contributed by atoms with Crippen LogP contribution in [0.1, 0.15) is 27.7 Å². The molecule has 0 fully saturated rings. The van der Waals surface area contributed by atoms with Crippen LogP contribution in [0.2, 0.25) is 0 Å².